The Hall–Kier alpha value is -2.41. The lowest BCUT2D eigenvalue weighted by molar-refractivity contribution is -0.132. The quantitative estimate of drug-likeness (QED) is 0.832. The molecule has 1 aromatic carbocycles. The second-order valence-electron chi connectivity index (χ2n) is 6.62. The summed E-state index contributed by atoms with van der Waals surface area (Å²) in [6, 6.07) is 5.66. The number of hydrogen-bond acceptors (Lipinski definition) is 5. The summed E-state index contributed by atoms with van der Waals surface area (Å²) < 4.78 is 5.55. The Morgan fingerprint density at radius 3 is 2.73 bits per heavy atom. The highest BCUT2D eigenvalue weighted by Crippen LogP contribution is 2.36. The van der Waals surface area contributed by atoms with Crippen LogP contribution in [0.5, 0.6) is 5.75 Å². The third-order valence-corrected chi connectivity index (χ3v) is 5.47. The van der Waals surface area contributed by atoms with Gasteiger partial charge in [-0.15, -0.1) is 11.3 Å². The molecule has 0 spiro atoms. The zero-order valence-electron chi connectivity index (χ0n) is 14.5. The maximum absolute atomic E-state index is 12.8. The van der Waals surface area contributed by atoms with Gasteiger partial charge in [0.1, 0.15) is 12.3 Å². The predicted molar refractivity (Wildman–Crippen MR) is 100 cm³/mol. The van der Waals surface area contributed by atoms with Gasteiger partial charge in [0.25, 0.3) is 5.91 Å². The Labute approximate surface area is 156 Å². The van der Waals surface area contributed by atoms with Crippen molar-refractivity contribution < 1.29 is 14.3 Å². The fraction of sp³-hybridized carbons (Fsp3) is 0.421. The molecule has 2 aromatic rings. The smallest absolute Gasteiger partial charge is 0.265 e. The van der Waals surface area contributed by atoms with Crippen LogP contribution in [0.1, 0.15) is 25.7 Å². The molecule has 2 aliphatic rings. The van der Waals surface area contributed by atoms with Gasteiger partial charge in [-0.25, -0.2) is 4.98 Å². The summed E-state index contributed by atoms with van der Waals surface area (Å²) in [7, 11) is 0. The summed E-state index contributed by atoms with van der Waals surface area (Å²) in [5.74, 6) is 0.454. The third kappa shape index (κ3) is 3.44. The van der Waals surface area contributed by atoms with Crippen LogP contribution in [0.25, 0.3) is 11.3 Å². The number of benzene rings is 1. The number of thiazole rings is 1. The number of carbonyl (C=O) groups excluding carboxylic acids is 2. The molecule has 4 rings (SSSR count). The van der Waals surface area contributed by atoms with E-state index in [9.17, 15) is 9.59 Å². The molecule has 3 heterocycles. The standard InChI is InChI=1S/C19H21N3O3S/c23-18(21-7-3-1-2-4-8-21)10-22-16-9-14(15-12-26-13-20-15)5-6-17(16)25-11-19(22)24/h5-6,9,12-13H,1-4,7-8,10-11H2. The Morgan fingerprint density at radius 2 is 2.00 bits per heavy atom. The SMILES string of the molecule is O=C(CN1C(=O)COc2ccc(-c3cscn3)cc21)N1CCCCCC1. The largest absolute Gasteiger partial charge is 0.482 e. The molecule has 1 saturated heterocycles. The van der Waals surface area contributed by atoms with Gasteiger partial charge in [-0.3, -0.25) is 14.5 Å². The summed E-state index contributed by atoms with van der Waals surface area (Å²) in [5, 5.41) is 1.96. The number of amides is 2. The number of nitrogens with zero attached hydrogens (tertiary/aromatic N) is 3. The molecule has 0 saturated carbocycles. The molecule has 7 heteroatoms. The maximum atomic E-state index is 12.8. The molecule has 2 amide bonds. The van der Waals surface area contributed by atoms with Crippen molar-refractivity contribution in [1.82, 2.24) is 9.88 Å². The van der Waals surface area contributed by atoms with Gasteiger partial charge in [-0.05, 0) is 31.0 Å². The minimum atomic E-state index is -0.184. The Bertz CT molecular complexity index is 798. The van der Waals surface area contributed by atoms with Crippen LogP contribution in [0.4, 0.5) is 5.69 Å². The van der Waals surface area contributed by atoms with Crippen molar-refractivity contribution in [1.29, 1.82) is 0 Å². The molecule has 2 aliphatic heterocycles. The normalized spacial score (nSPS) is 17.5. The second kappa shape index (κ2) is 7.45. The monoisotopic (exact) mass is 371 g/mol. The summed E-state index contributed by atoms with van der Waals surface area (Å²) in [6.07, 6.45) is 4.40. The van der Waals surface area contributed by atoms with Crippen molar-refractivity contribution in [2.24, 2.45) is 0 Å². The van der Waals surface area contributed by atoms with Crippen LogP contribution >= 0.6 is 11.3 Å². The molecule has 0 atom stereocenters. The van der Waals surface area contributed by atoms with Crippen molar-refractivity contribution >= 4 is 28.8 Å². The second-order valence-corrected chi connectivity index (χ2v) is 7.34. The van der Waals surface area contributed by atoms with E-state index >= 15 is 0 Å². The first-order valence-corrected chi connectivity index (χ1v) is 9.90. The minimum absolute atomic E-state index is 0.00663. The van der Waals surface area contributed by atoms with E-state index in [4.69, 9.17) is 4.74 Å². The lowest BCUT2D eigenvalue weighted by Gasteiger charge is -2.31. The zero-order valence-corrected chi connectivity index (χ0v) is 15.3. The van der Waals surface area contributed by atoms with E-state index in [0.29, 0.717) is 11.4 Å². The van der Waals surface area contributed by atoms with E-state index in [0.717, 1.165) is 37.2 Å². The van der Waals surface area contributed by atoms with Crippen LogP contribution in [-0.2, 0) is 9.59 Å². The molecule has 0 unspecified atom stereocenters. The Morgan fingerprint density at radius 1 is 1.19 bits per heavy atom. The summed E-state index contributed by atoms with van der Waals surface area (Å²) in [4.78, 5) is 33.0. The number of rotatable bonds is 3. The number of hydrogen-bond donors (Lipinski definition) is 0. The van der Waals surface area contributed by atoms with Crippen molar-refractivity contribution in [3.8, 4) is 17.0 Å². The van der Waals surface area contributed by atoms with Crippen LogP contribution in [0, 0.1) is 0 Å². The number of anilines is 1. The lowest BCUT2D eigenvalue weighted by atomic mass is 10.1. The van der Waals surface area contributed by atoms with E-state index in [2.05, 4.69) is 4.98 Å². The highest BCUT2D eigenvalue weighted by Gasteiger charge is 2.29. The molecule has 136 valence electrons. The van der Waals surface area contributed by atoms with E-state index < -0.39 is 0 Å². The van der Waals surface area contributed by atoms with Crippen LogP contribution in [-0.4, -0.2) is 47.9 Å². The number of carbonyl (C=O) groups is 2. The van der Waals surface area contributed by atoms with Crippen molar-refractivity contribution in [2.75, 3.05) is 31.1 Å². The van der Waals surface area contributed by atoms with Crippen LogP contribution in [0.2, 0.25) is 0 Å². The number of fused-ring (bicyclic) bond motifs is 1. The first-order valence-electron chi connectivity index (χ1n) is 8.96. The first kappa shape index (κ1) is 17.0. The predicted octanol–water partition coefficient (Wildman–Crippen LogP) is 2.94. The molecule has 6 nitrogen and oxygen atoms in total. The van der Waals surface area contributed by atoms with E-state index in [-0.39, 0.29) is 25.0 Å². The molecular formula is C19H21N3O3S. The number of likely N-dealkylation sites (tertiary alicyclic amines) is 1. The van der Waals surface area contributed by atoms with Crippen molar-refractivity contribution in [3.05, 3.63) is 29.1 Å². The number of ether oxygens (including phenoxy) is 1. The fourth-order valence-corrected chi connectivity index (χ4v) is 4.01. The van der Waals surface area contributed by atoms with Gasteiger partial charge < -0.3 is 9.64 Å². The van der Waals surface area contributed by atoms with Gasteiger partial charge in [0.05, 0.1) is 16.9 Å². The molecule has 26 heavy (non-hydrogen) atoms. The van der Waals surface area contributed by atoms with Crippen LogP contribution < -0.4 is 9.64 Å². The third-order valence-electron chi connectivity index (χ3n) is 4.88. The highest BCUT2D eigenvalue weighted by molar-refractivity contribution is 7.07. The van der Waals surface area contributed by atoms with Gasteiger partial charge in [0.15, 0.2) is 6.61 Å². The lowest BCUT2D eigenvalue weighted by Crippen LogP contribution is -2.46. The van der Waals surface area contributed by atoms with Gasteiger partial charge in [-0.2, -0.15) is 0 Å². The summed E-state index contributed by atoms with van der Waals surface area (Å²) >= 11 is 1.52. The molecule has 0 bridgehead atoms. The molecule has 0 aliphatic carbocycles. The summed E-state index contributed by atoms with van der Waals surface area (Å²) in [5.41, 5.74) is 4.19. The van der Waals surface area contributed by atoms with Gasteiger partial charge in [0, 0.05) is 24.0 Å². The van der Waals surface area contributed by atoms with Crippen LogP contribution in [0.3, 0.4) is 0 Å². The van der Waals surface area contributed by atoms with Crippen molar-refractivity contribution in [2.45, 2.75) is 25.7 Å². The Balaban J connectivity index is 1.59. The van der Waals surface area contributed by atoms with E-state index in [1.54, 1.807) is 10.4 Å². The minimum Gasteiger partial charge on any atom is -0.482 e. The molecule has 0 radical (unpaired) electrons. The zero-order chi connectivity index (χ0) is 17.9. The Kier molecular flexibility index (Phi) is 4.88. The van der Waals surface area contributed by atoms with E-state index in [1.807, 2.05) is 28.5 Å². The fourth-order valence-electron chi connectivity index (χ4n) is 3.45. The number of aromatic nitrogens is 1. The highest BCUT2D eigenvalue weighted by atomic mass is 32.1. The topological polar surface area (TPSA) is 62.7 Å². The summed E-state index contributed by atoms with van der Waals surface area (Å²) in [6.45, 7) is 1.60. The van der Waals surface area contributed by atoms with E-state index in [1.165, 1.54) is 24.2 Å². The first-order chi connectivity index (χ1) is 12.7. The average Bonchev–Trinajstić information content (AvgIpc) is 3.06. The van der Waals surface area contributed by atoms with Crippen LogP contribution in [0.15, 0.2) is 29.1 Å². The average molecular weight is 371 g/mol. The van der Waals surface area contributed by atoms with Gasteiger partial charge >= 0.3 is 0 Å². The van der Waals surface area contributed by atoms with Crippen molar-refractivity contribution in [3.63, 3.8) is 0 Å². The maximum Gasteiger partial charge on any atom is 0.265 e. The molecule has 1 fully saturated rings. The van der Waals surface area contributed by atoms with Gasteiger partial charge in [-0.1, -0.05) is 12.8 Å². The molecule has 0 N–H and O–H groups in total. The molecule has 1 aromatic heterocycles. The van der Waals surface area contributed by atoms with Gasteiger partial charge in [0.2, 0.25) is 5.91 Å². The molecular weight excluding hydrogens is 350 g/mol.